The van der Waals surface area contributed by atoms with Gasteiger partial charge in [0.15, 0.2) is 11.5 Å². The van der Waals surface area contributed by atoms with Crippen molar-refractivity contribution in [3.8, 4) is 17.6 Å². The van der Waals surface area contributed by atoms with Crippen LogP contribution in [-0.2, 0) is 4.79 Å². The Morgan fingerprint density at radius 3 is 2.89 bits per heavy atom. The second kappa shape index (κ2) is 5.39. The highest BCUT2D eigenvalue weighted by atomic mass is 16.7. The molecule has 3 amide bonds. The molecule has 4 aliphatic rings. The standard InChI is InChI=1S/C19H18N4O4/c20-7-10-14(9-3-4-12-13(6-9)27-8-26-12)11-2-1-5-19(11)15(16(10)21)17(24)22-18(25)23-19/h3-4,6,11,14-15H,1-2,5,8,21H2,(H2,22,23,24,25)/t11-,14+,15-,19-/m0/s1. The number of amides is 3. The maximum atomic E-state index is 12.6. The lowest BCUT2D eigenvalue weighted by molar-refractivity contribution is -0.127. The second-order valence-electron chi connectivity index (χ2n) is 7.49. The molecule has 0 bridgehead atoms. The molecule has 0 radical (unpaired) electrons. The zero-order chi connectivity index (χ0) is 18.8. The summed E-state index contributed by atoms with van der Waals surface area (Å²) in [4.78, 5) is 24.7. The Kier molecular flexibility index (Phi) is 3.20. The predicted octanol–water partition coefficient (Wildman–Crippen LogP) is 1.24. The van der Waals surface area contributed by atoms with Crippen LogP contribution in [0.15, 0.2) is 29.5 Å². The lowest BCUT2D eigenvalue weighted by Crippen LogP contribution is -2.71. The molecular formula is C19H18N4O4. The van der Waals surface area contributed by atoms with Crippen LogP contribution in [0, 0.1) is 23.2 Å². The largest absolute Gasteiger partial charge is 0.454 e. The van der Waals surface area contributed by atoms with Gasteiger partial charge < -0.3 is 20.5 Å². The van der Waals surface area contributed by atoms with E-state index in [-0.39, 0.29) is 24.3 Å². The average Bonchev–Trinajstić information content (AvgIpc) is 3.25. The zero-order valence-electron chi connectivity index (χ0n) is 14.5. The molecule has 1 aromatic rings. The van der Waals surface area contributed by atoms with Gasteiger partial charge in [-0.25, -0.2) is 4.79 Å². The number of urea groups is 1. The summed E-state index contributed by atoms with van der Waals surface area (Å²) in [5, 5.41) is 15.2. The normalized spacial score (nSPS) is 33.7. The van der Waals surface area contributed by atoms with Crippen molar-refractivity contribution in [3.63, 3.8) is 0 Å². The van der Waals surface area contributed by atoms with Crippen molar-refractivity contribution in [1.82, 2.24) is 10.6 Å². The first-order valence-corrected chi connectivity index (χ1v) is 8.97. The van der Waals surface area contributed by atoms with Crippen LogP contribution in [0.5, 0.6) is 11.5 Å². The summed E-state index contributed by atoms with van der Waals surface area (Å²) in [6.07, 6.45) is 2.30. The minimum Gasteiger partial charge on any atom is -0.454 e. The minimum absolute atomic E-state index is 0.0974. The van der Waals surface area contributed by atoms with Crippen LogP contribution >= 0.6 is 0 Å². The molecule has 138 valence electrons. The first-order chi connectivity index (χ1) is 13.0. The van der Waals surface area contributed by atoms with Gasteiger partial charge in [0.25, 0.3) is 0 Å². The number of nitrogens with one attached hydrogen (secondary N) is 2. The van der Waals surface area contributed by atoms with Gasteiger partial charge in [0.05, 0.1) is 17.2 Å². The molecule has 5 rings (SSSR count). The molecule has 0 unspecified atom stereocenters. The number of allylic oxidation sites excluding steroid dienone is 1. The number of nitrogens with zero attached hydrogens (tertiary/aromatic N) is 1. The van der Waals surface area contributed by atoms with Crippen LogP contribution in [0.2, 0.25) is 0 Å². The average molecular weight is 366 g/mol. The number of benzene rings is 1. The van der Waals surface area contributed by atoms with Crippen molar-refractivity contribution in [1.29, 1.82) is 5.26 Å². The Balaban J connectivity index is 1.70. The monoisotopic (exact) mass is 366 g/mol. The first kappa shape index (κ1) is 16.0. The summed E-state index contributed by atoms with van der Waals surface area (Å²) in [5.41, 5.74) is 7.12. The molecule has 8 heteroatoms. The molecule has 4 N–H and O–H groups in total. The van der Waals surface area contributed by atoms with Gasteiger partial charge in [-0.05, 0) is 36.5 Å². The molecule has 27 heavy (non-hydrogen) atoms. The summed E-state index contributed by atoms with van der Waals surface area (Å²) >= 11 is 0. The van der Waals surface area contributed by atoms with Gasteiger partial charge in [-0.1, -0.05) is 12.5 Å². The lowest BCUT2D eigenvalue weighted by Gasteiger charge is -2.51. The number of imide groups is 1. The van der Waals surface area contributed by atoms with E-state index in [1.54, 1.807) is 0 Å². The summed E-state index contributed by atoms with van der Waals surface area (Å²) in [7, 11) is 0. The van der Waals surface area contributed by atoms with E-state index in [0.29, 0.717) is 23.5 Å². The van der Waals surface area contributed by atoms with Crippen LogP contribution in [0.1, 0.15) is 30.7 Å². The fourth-order valence-corrected chi connectivity index (χ4v) is 5.36. The highest BCUT2D eigenvalue weighted by Gasteiger charge is 2.62. The van der Waals surface area contributed by atoms with E-state index >= 15 is 0 Å². The summed E-state index contributed by atoms with van der Waals surface area (Å²) in [6, 6.07) is 7.33. The van der Waals surface area contributed by atoms with Crippen LogP contribution in [0.4, 0.5) is 4.79 Å². The van der Waals surface area contributed by atoms with Gasteiger partial charge in [-0.2, -0.15) is 5.26 Å². The van der Waals surface area contributed by atoms with Crippen LogP contribution in [0.3, 0.4) is 0 Å². The summed E-state index contributed by atoms with van der Waals surface area (Å²) in [5.74, 6) is -0.269. The molecule has 2 aliphatic carbocycles. The van der Waals surface area contributed by atoms with Crippen LogP contribution < -0.4 is 25.8 Å². The highest BCUT2D eigenvalue weighted by Crippen LogP contribution is 2.57. The maximum Gasteiger partial charge on any atom is 0.321 e. The molecular weight excluding hydrogens is 348 g/mol. The molecule has 2 fully saturated rings. The van der Waals surface area contributed by atoms with Gasteiger partial charge >= 0.3 is 6.03 Å². The number of carbonyl (C=O) groups is 2. The Bertz CT molecular complexity index is 950. The SMILES string of the molecule is N#CC1=C(N)[C@H]2C(=O)NC(=O)N[C@]23CCC[C@H]3[C@@H]1c1ccc2c(c1)OCO2. The molecule has 2 aliphatic heterocycles. The van der Waals surface area contributed by atoms with E-state index in [4.69, 9.17) is 15.2 Å². The Hall–Kier alpha value is -3.21. The Morgan fingerprint density at radius 1 is 1.26 bits per heavy atom. The predicted molar refractivity (Wildman–Crippen MR) is 92.4 cm³/mol. The third-order valence-corrected chi connectivity index (χ3v) is 6.34. The minimum atomic E-state index is -0.759. The summed E-state index contributed by atoms with van der Waals surface area (Å²) < 4.78 is 10.9. The second-order valence-corrected chi connectivity index (χ2v) is 7.49. The molecule has 1 saturated carbocycles. The molecule has 0 aromatic heterocycles. The molecule has 8 nitrogen and oxygen atoms in total. The Morgan fingerprint density at radius 2 is 2.07 bits per heavy atom. The number of ether oxygens (including phenoxy) is 2. The third kappa shape index (κ3) is 2.02. The van der Waals surface area contributed by atoms with E-state index in [0.717, 1.165) is 18.4 Å². The van der Waals surface area contributed by atoms with Crippen molar-refractivity contribution in [2.45, 2.75) is 30.7 Å². The van der Waals surface area contributed by atoms with E-state index < -0.39 is 23.4 Å². The molecule has 1 saturated heterocycles. The molecule has 1 spiro atoms. The van der Waals surface area contributed by atoms with E-state index in [2.05, 4.69) is 16.7 Å². The van der Waals surface area contributed by atoms with Gasteiger partial charge in [0.2, 0.25) is 12.7 Å². The fourth-order valence-electron chi connectivity index (χ4n) is 5.36. The van der Waals surface area contributed by atoms with Crippen LogP contribution in [0.25, 0.3) is 0 Å². The fraction of sp³-hybridized carbons (Fsp3) is 0.421. The number of fused-ring (bicyclic) bond motifs is 1. The van der Waals surface area contributed by atoms with Crippen molar-refractivity contribution < 1.29 is 19.1 Å². The number of hydrogen-bond acceptors (Lipinski definition) is 6. The topological polar surface area (TPSA) is 126 Å². The molecule has 4 atom stereocenters. The number of nitrogens with two attached hydrogens (primary N) is 1. The number of rotatable bonds is 1. The quantitative estimate of drug-likeness (QED) is 0.686. The number of nitriles is 1. The highest BCUT2D eigenvalue weighted by molar-refractivity contribution is 6.01. The van der Waals surface area contributed by atoms with Crippen LogP contribution in [-0.4, -0.2) is 24.3 Å². The third-order valence-electron chi connectivity index (χ3n) is 6.34. The Labute approximate surface area is 155 Å². The van der Waals surface area contributed by atoms with Gasteiger partial charge in [0.1, 0.15) is 5.92 Å². The molecule has 2 heterocycles. The van der Waals surface area contributed by atoms with E-state index in [1.807, 2.05) is 18.2 Å². The van der Waals surface area contributed by atoms with Gasteiger partial charge in [-0.3, -0.25) is 10.1 Å². The van der Waals surface area contributed by atoms with Crippen molar-refractivity contribution >= 4 is 11.9 Å². The van der Waals surface area contributed by atoms with Gasteiger partial charge in [0, 0.05) is 11.6 Å². The zero-order valence-corrected chi connectivity index (χ0v) is 14.5. The smallest absolute Gasteiger partial charge is 0.321 e. The van der Waals surface area contributed by atoms with E-state index in [1.165, 1.54) is 0 Å². The van der Waals surface area contributed by atoms with Crippen molar-refractivity contribution in [2.75, 3.05) is 6.79 Å². The number of hydrogen-bond donors (Lipinski definition) is 3. The first-order valence-electron chi connectivity index (χ1n) is 8.97. The molecule has 1 aromatic carbocycles. The van der Waals surface area contributed by atoms with Crippen molar-refractivity contribution in [3.05, 3.63) is 35.0 Å². The van der Waals surface area contributed by atoms with E-state index in [9.17, 15) is 14.9 Å². The maximum absolute atomic E-state index is 12.6. The summed E-state index contributed by atoms with van der Waals surface area (Å²) in [6.45, 7) is 0.165. The van der Waals surface area contributed by atoms with Crippen molar-refractivity contribution in [2.24, 2.45) is 17.6 Å². The lowest BCUT2D eigenvalue weighted by atomic mass is 9.60. The number of carbonyl (C=O) groups excluding carboxylic acids is 2. The van der Waals surface area contributed by atoms with Gasteiger partial charge in [-0.15, -0.1) is 0 Å².